The summed E-state index contributed by atoms with van der Waals surface area (Å²) in [5.74, 6) is 0. The van der Waals surface area contributed by atoms with Crippen molar-refractivity contribution >= 4 is 9.84 Å². The van der Waals surface area contributed by atoms with Crippen LogP contribution in [0.2, 0.25) is 0 Å². The van der Waals surface area contributed by atoms with E-state index in [4.69, 9.17) is 0 Å². The van der Waals surface area contributed by atoms with Gasteiger partial charge < -0.3 is 0 Å². The fraction of sp³-hybridized carbons (Fsp3) is 0.0833. The Kier molecular flexibility index (Phi) is 2.75. The summed E-state index contributed by atoms with van der Waals surface area (Å²) in [7, 11) is -3.22. The van der Waals surface area contributed by atoms with Gasteiger partial charge in [0, 0.05) is 18.0 Å². The van der Waals surface area contributed by atoms with E-state index in [9.17, 15) is 8.42 Å². The molecule has 0 amide bonds. The van der Waals surface area contributed by atoms with E-state index < -0.39 is 9.84 Å². The highest BCUT2D eigenvalue weighted by atomic mass is 32.2. The summed E-state index contributed by atoms with van der Waals surface area (Å²) in [6.45, 7) is 0. The quantitative estimate of drug-likeness (QED) is 0.798. The smallest absolute Gasteiger partial charge is 0.176 e. The van der Waals surface area contributed by atoms with Crippen LogP contribution in [0, 0.1) is 0 Å². The molecule has 0 atom stereocenters. The zero-order chi connectivity index (χ0) is 11.6. The third kappa shape index (κ3) is 2.12. The molecule has 0 aliphatic carbocycles. The van der Waals surface area contributed by atoms with Crippen molar-refractivity contribution in [2.45, 2.75) is 4.90 Å². The standard InChI is InChI=1S/C12H11NO2S/c1-16(14,15)12-8-3-2-6-10(12)11-7-4-5-9-13-11/h2-9H,1H3. The lowest BCUT2D eigenvalue weighted by Gasteiger charge is -2.06. The maximum atomic E-state index is 11.6. The first-order valence-electron chi connectivity index (χ1n) is 4.79. The van der Waals surface area contributed by atoms with E-state index >= 15 is 0 Å². The first-order chi connectivity index (χ1) is 7.59. The molecular formula is C12H11NO2S. The molecule has 82 valence electrons. The Hall–Kier alpha value is -1.68. The highest BCUT2D eigenvalue weighted by molar-refractivity contribution is 7.90. The van der Waals surface area contributed by atoms with Crippen molar-refractivity contribution in [2.75, 3.05) is 6.26 Å². The summed E-state index contributed by atoms with van der Waals surface area (Å²) in [5.41, 5.74) is 1.31. The molecule has 1 aromatic carbocycles. The summed E-state index contributed by atoms with van der Waals surface area (Å²) in [6, 6.07) is 12.3. The predicted molar refractivity (Wildman–Crippen MR) is 62.8 cm³/mol. The highest BCUT2D eigenvalue weighted by Crippen LogP contribution is 2.24. The molecule has 0 unspecified atom stereocenters. The van der Waals surface area contributed by atoms with Gasteiger partial charge in [0.05, 0.1) is 10.6 Å². The fourth-order valence-electron chi connectivity index (χ4n) is 1.52. The Morgan fingerprint density at radius 2 is 1.69 bits per heavy atom. The van der Waals surface area contributed by atoms with Crippen molar-refractivity contribution < 1.29 is 8.42 Å². The van der Waals surface area contributed by atoms with Gasteiger partial charge in [-0.1, -0.05) is 24.3 Å². The van der Waals surface area contributed by atoms with Gasteiger partial charge in [-0.15, -0.1) is 0 Å². The molecule has 2 rings (SSSR count). The van der Waals surface area contributed by atoms with E-state index in [0.717, 1.165) is 0 Å². The molecule has 0 spiro atoms. The van der Waals surface area contributed by atoms with Gasteiger partial charge in [0.1, 0.15) is 0 Å². The topological polar surface area (TPSA) is 47.0 Å². The van der Waals surface area contributed by atoms with Crippen LogP contribution in [-0.4, -0.2) is 19.7 Å². The number of hydrogen-bond donors (Lipinski definition) is 0. The van der Waals surface area contributed by atoms with Crippen molar-refractivity contribution in [3.63, 3.8) is 0 Å². The van der Waals surface area contributed by atoms with Crippen LogP contribution in [0.25, 0.3) is 11.3 Å². The zero-order valence-electron chi connectivity index (χ0n) is 8.79. The summed E-state index contributed by atoms with van der Waals surface area (Å²) < 4.78 is 23.2. The Bertz CT molecular complexity index is 591. The monoisotopic (exact) mass is 233 g/mol. The predicted octanol–water partition coefficient (Wildman–Crippen LogP) is 2.15. The number of sulfone groups is 1. The molecule has 0 saturated heterocycles. The summed E-state index contributed by atoms with van der Waals surface area (Å²) in [4.78, 5) is 4.47. The van der Waals surface area contributed by atoms with E-state index in [1.54, 1.807) is 42.6 Å². The lowest BCUT2D eigenvalue weighted by molar-refractivity contribution is 0.602. The van der Waals surface area contributed by atoms with E-state index in [0.29, 0.717) is 16.2 Å². The van der Waals surface area contributed by atoms with Crippen LogP contribution in [0.15, 0.2) is 53.6 Å². The molecule has 0 saturated carbocycles. The van der Waals surface area contributed by atoms with Gasteiger partial charge in [0.2, 0.25) is 0 Å². The van der Waals surface area contributed by atoms with Crippen molar-refractivity contribution in [2.24, 2.45) is 0 Å². The number of benzene rings is 1. The summed E-state index contributed by atoms with van der Waals surface area (Å²) in [5, 5.41) is 0. The number of rotatable bonds is 2. The highest BCUT2D eigenvalue weighted by Gasteiger charge is 2.13. The van der Waals surface area contributed by atoms with Crippen LogP contribution >= 0.6 is 0 Å². The van der Waals surface area contributed by atoms with Crippen LogP contribution in [-0.2, 0) is 9.84 Å². The SMILES string of the molecule is CS(=O)(=O)c1ccccc1-c1ccccn1. The van der Waals surface area contributed by atoms with Crippen LogP contribution < -0.4 is 0 Å². The van der Waals surface area contributed by atoms with Gasteiger partial charge in [0.15, 0.2) is 9.84 Å². The first-order valence-corrected chi connectivity index (χ1v) is 6.68. The fourth-order valence-corrected chi connectivity index (χ4v) is 2.42. The van der Waals surface area contributed by atoms with Gasteiger partial charge in [-0.05, 0) is 18.2 Å². The Labute approximate surface area is 94.7 Å². The molecule has 16 heavy (non-hydrogen) atoms. The molecule has 0 bridgehead atoms. The van der Waals surface area contributed by atoms with Gasteiger partial charge >= 0.3 is 0 Å². The minimum absolute atomic E-state index is 0.314. The first kappa shape index (κ1) is 10.8. The molecule has 1 aromatic heterocycles. The van der Waals surface area contributed by atoms with Crippen molar-refractivity contribution in [1.29, 1.82) is 0 Å². The minimum Gasteiger partial charge on any atom is -0.256 e. The Morgan fingerprint density at radius 3 is 2.31 bits per heavy atom. The number of pyridine rings is 1. The number of nitrogens with zero attached hydrogens (tertiary/aromatic N) is 1. The molecule has 2 aromatic rings. The van der Waals surface area contributed by atoms with Crippen molar-refractivity contribution in [3.8, 4) is 11.3 Å². The lowest BCUT2D eigenvalue weighted by atomic mass is 10.1. The van der Waals surface area contributed by atoms with E-state index in [2.05, 4.69) is 4.98 Å². The second-order valence-corrected chi connectivity index (χ2v) is 5.47. The maximum absolute atomic E-state index is 11.6. The zero-order valence-corrected chi connectivity index (χ0v) is 9.61. The molecule has 1 heterocycles. The number of aromatic nitrogens is 1. The summed E-state index contributed by atoms with van der Waals surface area (Å²) in [6.07, 6.45) is 2.85. The van der Waals surface area contributed by atoms with E-state index in [-0.39, 0.29) is 0 Å². The summed E-state index contributed by atoms with van der Waals surface area (Å²) >= 11 is 0. The van der Waals surface area contributed by atoms with Crippen LogP contribution in [0.1, 0.15) is 0 Å². The molecule has 4 heteroatoms. The maximum Gasteiger partial charge on any atom is 0.176 e. The van der Waals surface area contributed by atoms with Crippen LogP contribution in [0.4, 0.5) is 0 Å². The molecule has 0 fully saturated rings. The average molecular weight is 233 g/mol. The largest absolute Gasteiger partial charge is 0.256 e. The van der Waals surface area contributed by atoms with Crippen LogP contribution in [0.5, 0.6) is 0 Å². The Balaban J connectivity index is 2.68. The molecule has 0 radical (unpaired) electrons. The minimum atomic E-state index is -3.22. The van der Waals surface area contributed by atoms with E-state index in [1.165, 1.54) is 6.26 Å². The second kappa shape index (κ2) is 4.06. The third-order valence-electron chi connectivity index (χ3n) is 2.23. The van der Waals surface area contributed by atoms with Gasteiger partial charge in [-0.25, -0.2) is 8.42 Å². The average Bonchev–Trinajstić information content (AvgIpc) is 2.29. The molecule has 3 nitrogen and oxygen atoms in total. The van der Waals surface area contributed by atoms with E-state index in [1.807, 2.05) is 6.07 Å². The van der Waals surface area contributed by atoms with Gasteiger partial charge in [-0.2, -0.15) is 0 Å². The second-order valence-electron chi connectivity index (χ2n) is 3.48. The Morgan fingerprint density at radius 1 is 1.00 bits per heavy atom. The normalized spacial score (nSPS) is 11.3. The van der Waals surface area contributed by atoms with Crippen molar-refractivity contribution in [3.05, 3.63) is 48.7 Å². The van der Waals surface area contributed by atoms with Gasteiger partial charge in [0.25, 0.3) is 0 Å². The van der Waals surface area contributed by atoms with Crippen molar-refractivity contribution in [1.82, 2.24) is 4.98 Å². The molecule has 0 aliphatic rings. The molecular weight excluding hydrogens is 222 g/mol. The van der Waals surface area contributed by atoms with Crippen LogP contribution in [0.3, 0.4) is 0 Å². The van der Waals surface area contributed by atoms with Gasteiger partial charge in [-0.3, -0.25) is 4.98 Å². The molecule has 0 aliphatic heterocycles. The third-order valence-corrected chi connectivity index (χ3v) is 3.38. The number of hydrogen-bond acceptors (Lipinski definition) is 3. The lowest BCUT2D eigenvalue weighted by Crippen LogP contribution is -2.00. The molecule has 0 N–H and O–H groups in total.